The van der Waals surface area contributed by atoms with Gasteiger partial charge in [-0.25, -0.2) is 4.79 Å². The van der Waals surface area contributed by atoms with Crippen molar-refractivity contribution in [3.8, 4) is 0 Å². The molecule has 0 aromatic carbocycles. The number of hydrogen-bond donors (Lipinski definition) is 5. The van der Waals surface area contributed by atoms with Gasteiger partial charge in [0.15, 0.2) is 6.10 Å². The van der Waals surface area contributed by atoms with Gasteiger partial charge in [-0.1, -0.05) is 13.8 Å². The first-order valence-electron chi connectivity index (χ1n) is 12.6. The zero-order valence-electron chi connectivity index (χ0n) is 20.6. The smallest absolute Gasteiger partial charge is 0.335 e. The third-order valence-electron chi connectivity index (χ3n) is 11.2. The highest BCUT2D eigenvalue weighted by molar-refractivity contribution is 5.75. The molecule has 1 aliphatic heterocycles. The Bertz CT molecular complexity index is 1100. The third-order valence-corrected chi connectivity index (χ3v) is 11.2. The maximum absolute atomic E-state index is 12.9. The van der Waals surface area contributed by atoms with Gasteiger partial charge in [0.25, 0.3) is 0 Å². The van der Waals surface area contributed by atoms with Crippen molar-refractivity contribution in [3.63, 3.8) is 0 Å². The lowest BCUT2D eigenvalue weighted by molar-refractivity contribution is -0.322. The maximum atomic E-state index is 12.9. The van der Waals surface area contributed by atoms with Crippen molar-refractivity contribution < 1.29 is 49.0 Å². The Morgan fingerprint density at radius 1 is 1.25 bits per heavy atom. The van der Waals surface area contributed by atoms with E-state index in [1.54, 1.807) is 19.9 Å². The number of carbonyl (C=O) groups is 2. The van der Waals surface area contributed by atoms with Gasteiger partial charge < -0.3 is 39.4 Å². The zero-order chi connectivity index (χ0) is 26.1. The largest absolute Gasteiger partial charge is 0.472 e. The molecule has 1 saturated heterocycles. The van der Waals surface area contributed by atoms with E-state index in [2.05, 4.69) is 0 Å². The lowest BCUT2D eigenvalue weighted by Crippen LogP contribution is -2.75. The minimum atomic E-state index is -2.01. The Kier molecular flexibility index (Phi) is 4.81. The summed E-state index contributed by atoms with van der Waals surface area (Å²) in [6, 6.07) is 1.65. The van der Waals surface area contributed by atoms with Crippen LogP contribution < -0.4 is 0 Å². The number of rotatable bonds is 3. The number of fused-ring (bicyclic) bond motifs is 6. The summed E-state index contributed by atoms with van der Waals surface area (Å²) in [6.07, 6.45) is -0.505. The molecule has 0 radical (unpaired) electrons. The van der Waals surface area contributed by atoms with E-state index in [1.807, 2.05) is 0 Å². The fraction of sp³-hybridized carbons (Fsp3) is 0.769. The van der Waals surface area contributed by atoms with Crippen LogP contribution in [-0.4, -0.2) is 73.6 Å². The minimum Gasteiger partial charge on any atom is -0.472 e. The molecule has 198 valence electrons. The molecule has 12 atom stereocenters. The molecule has 1 aromatic heterocycles. The fourth-order valence-corrected chi connectivity index (χ4v) is 9.65. The molecule has 4 saturated carbocycles. The van der Waals surface area contributed by atoms with Gasteiger partial charge in [0.1, 0.15) is 17.3 Å². The summed E-state index contributed by atoms with van der Waals surface area (Å²) in [6.45, 7) is 3.52. The van der Waals surface area contributed by atoms with Gasteiger partial charge in [0, 0.05) is 34.1 Å². The molecular weight excluding hydrogens is 472 g/mol. The molecule has 5 aliphatic rings. The van der Waals surface area contributed by atoms with Crippen molar-refractivity contribution in [2.24, 2.45) is 34.5 Å². The van der Waals surface area contributed by atoms with Gasteiger partial charge >= 0.3 is 11.9 Å². The Labute approximate surface area is 208 Å². The Morgan fingerprint density at radius 2 is 1.97 bits per heavy atom. The number of carbonyl (C=O) groups excluding carboxylic acids is 2. The summed E-state index contributed by atoms with van der Waals surface area (Å²) < 4.78 is 15.7. The molecule has 5 fully saturated rings. The van der Waals surface area contributed by atoms with E-state index < -0.39 is 88.0 Å². The average Bonchev–Trinajstić information content (AvgIpc) is 3.46. The number of aliphatic hydroxyl groups is 5. The molecule has 5 N–H and O–H groups in total. The molecule has 10 heteroatoms. The van der Waals surface area contributed by atoms with E-state index >= 15 is 0 Å². The van der Waals surface area contributed by atoms with Crippen LogP contribution in [0.15, 0.2) is 23.0 Å². The van der Waals surface area contributed by atoms with Crippen LogP contribution in [0.1, 0.15) is 57.6 Å². The van der Waals surface area contributed by atoms with E-state index in [1.165, 1.54) is 12.5 Å². The van der Waals surface area contributed by atoms with Gasteiger partial charge in [-0.3, -0.25) is 4.79 Å². The highest BCUT2D eigenvalue weighted by Gasteiger charge is 2.86. The number of hydrogen-bond acceptors (Lipinski definition) is 10. The van der Waals surface area contributed by atoms with Crippen LogP contribution in [0, 0.1) is 34.5 Å². The van der Waals surface area contributed by atoms with Crippen LogP contribution >= 0.6 is 0 Å². The third kappa shape index (κ3) is 2.46. The number of cyclic esters (lactones) is 1. The zero-order valence-corrected chi connectivity index (χ0v) is 20.6. The standard InChI is InChI=1S/C26H34O10/c1-22-11-24(31)14(8-15(22)27)26(33)13(17(24)18(22)19(29)21(30)34-3)4-6-23(2)20(12-5-7-35-10-12)36-16(28)9-25(23,26)32/h5,7,10,13-15,17-20,27,29,31-33H,4,6,8-9,11H2,1-3H3. The Balaban J connectivity index is 1.53. The monoisotopic (exact) mass is 506 g/mol. The molecule has 2 bridgehead atoms. The van der Waals surface area contributed by atoms with Crippen molar-refractivity contribution in [3.05, 3.63) is 24.2 Å². The van der Waals surface area contributed by atoms with E-state index in [4.69, 9.17) is 13.9 Å². The second-order valence-corrected chi connectivity index (χ2v) is 12.3. The predicted molar refractivity (Wildman–Crippen MR) is 120 cm³/mol. The predicted octanol–water partition coefficient (Wildman–Crippen LogP) is 0.448. The van der Waals surface area contributed by atoms with Crippen molar-refractivity contribution in [1.29, 1.82) is 0 Å². The Morgan fingerprint density at radius 3 is 2.61 bits per heavy atom. The highest BCUT2D eigenvalue weighted by Crippen LogP contribution is 2.78. The molecule has 0 spiro atoms. The molecule has 6 rings (SSSR count). The van der Waals surface area contributed by atoms with Crippen LogP contribution in [0.5, 0.6) is 0 Å². The van der Waals surface area contributed by atoms with E-state index in [0.717, 1.165) is 7.11 Å². The average molecular weight is 507 g/mol. The molecule has 4 aliphatic carbocycles. The first-order chi connectivity index (χ1) is 16.8. The molecule has 12 unspecified atom stereocenters. The summed E-state index contributed by atoms with van der Waals surface area (Å²) in [4.78, 5) is 25.4. The summed E-state index contributed by atoms with van der Waals surface area (Å²) >= 11 is 0. The van der Waals surface area contributed by atoms with E-state index in [-0.39, 0.29) is 12.8 Å². The second kappa shape index (κ2) is 7.11. The maximum Gasteiger partial charge on any atom is 0.335 e. The van der Waals surface area contributed by atoms with Crippen LogP contribution in [0.2, 0.25) is 0 Å². The van der Waals surface area contributed by atoms with Gasteiger partial charge in [-0.2, -0.15) is 0 Å². The highest BCUT2D eigenvalue weighted by atomic mass is 16.6. The Hall–Kier alpha value is -1.98. The first kappa shape index (κ1) is 24.4. The molecule has 1 aromatic rings. The van der Waals surface area contributed by atoms with Crippen molar-refractivity contribution in [2.75, 3.05) is 7.11 Å². The molecule has 10 nitrogen and oxygen atoms in total. The van der Waals surface area contributed by atoms with Gasteiger partial charge in [-0.05, 0) is 37.7 Å². The summed E-state index contributed by atoms with van der Waals surface area (Å²) in [5.74, 6) is -5.01. The molecular formula is C26H34O10. The minimum absolute atomic E-state index is 0.0381. The number of methoxy groups -OCH3 is 1. The summed E-state index contributed by atoms with van der Waals surface area (Å²) in [7, 11) is 1.16. The van der Waals surface area contributed by atoms with E-state index in [9.17, 15) is 35.1 Å². The van der Waals surface area contributed by atoms with Crippen molar-refractivity contribution in [1.82, 2.24) is 0 Å². The first-order valence-corrected chi connectivity index (χ1v) is 12.6. The van der Waals surface area contributed by atoms with Crippen LogP contribution in [-0.2, 0) is 19.1 Å². The van der Waals surface area contributed by atoms with Crippen molar-refractivity contribution in [2.45, 2.75) is 81.1 Å². The summed E-state index contributed by atoms with van der Waals surface area (Å²) in [5.41, 5.74) is -7.15. The lowest BCUT2D eigenvalue weighted by atomic mass is 9.45. The van der Waals surface area contributed by atoms with Crippen LogP contribution in [0.25, 0.3) is 0 Å². The quantitative estimate of drug-likeness (QED) is 0.363. The number of esters is 2. The van der Waals surface area contributed by atoms with Gasteiger partial charge in [-0.15, -0.1) is 0 Å². The normalized spacial score (nSPS) is 53.8. The molecule has 36 heavy (non-hydrogen) atoms. The van der Waals surface area contributed by atoms with Gasteiger partial charge in [0.05, 0.1) is 37.8 Å². The number of ether oxygens (including phenoxy) is 2. The summed E-state index contributed by atoms with van der Waals surface area (Å²) in [5, 5.41) is 59.8. The molecule has 2 heterocycles. The SMILES string of the molecule is COC(=O)C(O)C1C2C3CCC4(C)C(c5ccoc5)OC(=O)CC4(O)C3(O)C3CC(O)C1(C)CC23O. The van der Waals surface area contributed by atoms with Crippen molar-refractivity contribution >= 4 is 11.9 Å². The second-order valence-electron chi connectivity index (χ2n) is 12.3. The van der Waals surface area contributed by atoms with E-state index in [0.29, 0.717) is 18.4 Å². The number of aliphatic hydroxyl groups excluding tert-OH is 2. The van der Waals surface area contributed by atoms with Crippen LogP contribution in [0.4, 0.5) is 0 Å². The van der Waals surface area contributed by atoms with Crippen LogP contribution in [0.3, 0.4) is 0 Å². The number of furan rings is 1. The lowest BCUT2D eigenvalue weighted by Gasteiger charge is -2.65. The van der Waals surface area contributed by atoms with Gasteiger partial charge in [0.2, 0.25) is 0 Å². The fourth-order valence-electron chi connectivity index (χ4n) is 9.65. The molecule has 0 amide bonds. The topological polar surface area (TPSA) is 167 Å².